The number of amides is 1. The van der Waals surface area contributed by atoms with Crippen molar-refractivity contribution in [1.82, 2.24) is 19.5 Å². The Morgan fingerprint density at radius 3 is 2.65 bits per heavy atom. The summed E-state index contributed by atoms with van der Waals surface area (Å²) in [6, 6.07) is 15.2. The number of anilines is 1. The average molecular weight is 476 g/mol. The molecule has 0 bridgehead atoms. The molecule has 2 heterocycles. The fourth-order valence-corrected chi connectivity index (χ4v) is 4.51. The molecule has 0 aliphatic carbocycles. The van der Waals surface area contributed by atoms with E-state index in [1.54, 1.807) is 11.7 Å². The maximum Gasteiger partial charge on any atom is 0.282 e. The monoisotopic (exact) mass is 475 g/mol. The average Bonchev–Trinajstić information content (AvgIpc) is 2.85. The van der Waals surface area contributed by atoms with Crippen molar-refractivity contribution in [1.29, 1.82) is 0 Å². The van der Waals surface area contributed by atoms with E-state index < -0.39 is 5.25 Å². The van der Waals surface area contributed by atoms with Crippen LogP contribution in [-0.2, 0) is 11.3 Å². The number of carbonyl (C=O) groups is 1. The van der Waals surface area contributed by atoms with Crippen LogP contribution in [0.3, 0.4) is 0 Å². The molecular weight excluding hydrogens is 450 g/mol. The molecule has 2 aromatic heterocycles. The van der Waals surface area contributed by atoms with E-state index in [0.29, 0.717) is 29.6 Å². The molecule has 1 unspecified atom stereocenters. The molecule has 2 aromatic carbocycles. The van der Waals surface area contributed by atoms with Crippen LogP contribution in [0.1, 0.15) is 24.5 Å². The first kappa shape index (κ1) is 23.4. The van der Waals surface area contributed by atoms with Gasteiger partial charge < -0.3 is 10.1 Å². The van der Waals surface area contributed by atoms with Crippen molar-refractivity contribution in [3.8, 4) is 5.75 Å². The summed E-state index contributed by atoms with van der Waals surface area (Å²) in [7, 11) is 1.56. The van der Waals surface area contributed by atoms with Crippen molar-refractivity contribution in [2.75, 3.05) is 12.4 Å². The summed E-state index contributed by atoms with van der Waals surface area (Å²) in [5, 5.41) is 2.89. The standard InChI is InChI=1S/C25H25N5O3S/c1-4-20(23(31)28-18-14-16(2)10-11-19(18)33-3)34-25-29-22-21(26-12-13-27-22)24(32)30(25)15-17-8-6-5-7-9-17/h5-14,20H,4,15H2,1-3H3,(H,28,31). The van der Waals surface area contributed by atoms with Crippen LogP contribution in [0, 0.1) is 6.92 Å². The predicted octanol–water partition coefficient (Wildman–Crippen LogP) is 4.06. The van der Waals surface area contributed by atoms with Gasteiger partial charge in [0.05, 0.1) is 24.6 Å². The lowest BCUT2D eigenvalue weighted by molar-refractivity contribution is -0.115. The Hall–Kier alpha value is -3.72. The summed E-state index contributed by atoms with van der Waals surface area (Å²) >= 11 is 1.24. The quantitative estimate of drug-likeness (QED) is 0.303. The lowest BCUT2D eigenvalue weighted by Crippen LogP contribution is -2.29. The molecule has 0 fully saturated rings. The summed E-state index contributed by atoms with van der Waals surface area (Å²) in [5.41, 5.74) is 2.71. The van der Waals surface area contributed by atoms with Crippen LogP contribution in [0.25, 0.3) is 11.2 Å². The van der Waals surface area contributed by atoms with Gasteiger partial charge in [-0.1, -0.05) is 55.1 Å². The molecule has 4 aromatic rings. The number of fused-ring (bicyclic) bond motifs is 1. The molecule has 0 radical (unpaired) electrons. The molecule has 174 valence electrons. The molecule has 9 heteroatoms. The molecular formula is C25H25N5O3S. The highest BCUT2D eigenvalue weighted by Crippen LogP contribution is 2.29. The van der Waals surface area contributed by atoms with Gasteiger partial charge in [0.1, 0.15) is 5.75 Å². The highest BCUT2D eigenvalue weighted by Gasteiger charge is 2.23. The molecule has 1 amide bonds. The Balaban J connectivity index is 1.69. The number of nitrogens with one attached hydrogen (secondary N) is 1. The van der Waals surface area contributed by atoms with Gasteiger partial charge >= 0.3 is 0 Å². The molecule has 4 rings (SSSR count). The summed E-state index contributed by atoms with van der Waals surface area (Å²) in [4.78, 5) is 39.5. The van der Waals surface area contributed by atoms with Gasteiger partial charge in [0.15, 0.2) is 16.3 Å². The summed E-state index contributed by atoms with van der Waals surface area (Å²) in [5.74, 6) is 0.384. The van der Waals surface area contributed by atoms with Gasteiger partial charge in [-0.05, 0) is 36.6 Å². The van der Waals surface area contributed by atoms with Gasteiger partial charge in [0.2, 0.25) is 5.91 Å². The van der Waals surface area contributed by atoms with Crippen molar-refractivity contribution in [3.05, 3.63) is 82.4 Å². The van der Waals surface area contributed by atoms with Crippen LogP contribution >= 0.6 is 11.8 Å². The molecule has 34 heavy (non-hydrogen) atoms. The van der Waals surface area contributed by atoms with E-state index in [1.807, 2.05) is 62.4 Å². The van der Waals surface area contributed by atoms with Gasteiger partial charge in [0.25, 0.3) is 5.56 Å². The normalized spacial score (nSPS) is 11.9. The first-order chi connectivity index (χ1) is 16.5. The van der Waals surface area contributed by atoms with E-state index >= 15 is 0 Å². The van der Waals surface area contributed by atoms with Crippen molar-refractivity contribution in [2.45, 2.75) is 37.2 Å². The molecule has 0 aliphatic rings. The van der Waals surface area contributed by atoms with E-state index in [-0.39, 0.29) is 22.6 Å². The van der Waals surface area contributed by atoms with Gasteiger partial charge in [-0.15, -0.1) is 0 Å². The first-order valence-electron chi connectivity index (χ1n) is 10.9. The molecule has 0 saturated carbocycles. The number of ether oxygens (including phenoxy) is 1. The lowest BCUT2D eigenvalue weighted by Gasteiger charge is -2.18. The van der Waals surface area contributed by atoms with Crippen molar-refractivity contribution < 1.29 is 9.53 Å². The van der Waals surface area contributed by atoms with Crippen molar-refractivity contribution in [3.63, 3.8) is 0 Å². The van der Waals surface area contributed by atoms with E-state index in [9.17, 15) is 9.59 Å². The second kappa shape index (κ2) is 10.5. The topological polar surface area (TPSA) is 99.0 Å². The third-order valence-electron chi connectivity index (χ3n) is 5.27. The molecule has 0 spiro atoms. The SMILES string of the molecule is CCC(Sc1nc2nccnc2c(=O)n1Cc1ccccc1)C(=O)Nc1cc(C)ccc1OC. The maximum atomic E-state index is 13.3. The third-order valence-corrected chi connectivity index (χ3v) is 6.62. The number of aromatic nitrogens is 4. The van der Waals surface area contributed by atoms with Crippen molar-refractivity contribution in [2.24, 2.45) is 0 Å². The second-order valence-electron chi connectivity index (χ2n) is 7.71. The largest absolute Gasteiger partial charge is 0.495 e. The highest BCUT2D eigenvalue weighted by atomic mass is 32.2. The molecule has 0 saturated heterocycles. The van der Waals surface area contributed by atoms with Gasteiger partial charge in [-0.3, -0.25) is 14.2 Å². The molecule has 8 nitrogen and oxygen atoms in total. The fraction of sp³-hybridized carbons (Fsp3) is 0.240. The van der Waals surface area contributed by atoms with Gasteiger partial charge in [-0.2, -0.15) is 0 Å². The van der Waals surface area contributed by atoms with Crippen LogP contribution < -0.4 is 15.6 Å². The van der Waals surface area contributed by atoms with E-state index in [4.69, 9.17) is 4.74 Å². The second-order valence-corrected chi connectivity index (χ2v) is 8.88. The number of rotatable bonds is 8. The molecule has 1 N–H and O–H groups in total. The van der Waals surface area contributed by atoms with E-state index in [1.165, 1.54) is 24.2 Å². The number of aryl methyl sites for hydroxylation is 1. The molecule has 0 aliphatic heterocycles. The number of nitrogens with zero attached hydrogens (tertiary/aromatic N) is 4. The van der Waals surface area contributed by atoms with Gasteiger partial charge in [0, 0.05) is 12.4 Å². The van der Waals surface area contributed by atoms with Crippen LogP contribution in [0.4, 0.5) is 5.69 Å². The number of hydrogen-bond donors (Lipinski definition) is 1. The Kier molecular flexibility index (Phi) is 7.22. The molecule has 1 atom stereocenters. The zero-order valence-corrected chi connectivity index (χ0v) is 20.0. The van der Waals surface area contributed by atoms with Crippen LogP contribution in [0.5, 0.6) is 5.75 Å². The number of methoxy groups -OCH3 is 1. The number of carbonyl (C=O) groups excluding carboxylic acids is 1. The Bertz CT molecular complexity index is 1370. The Morgan fingerprint density at radius 1 is 1.15 bits per heavy atom. The van der Waals surface area contributed by atoms with Crippen LogP contribution in [0.2, 0.25) is 0 Å². The number of benzene rings is 2. The number of thioether (sulfide) groups is 1. The van der Waals surface area contributed by atoms with Crippen molar-refractivity contribution >= 4 is 34.5 Å². The minimum atomic E-state index is -0.492. The summed E-state index contributed by atoms with van der Waals surface area (Å²) in [6.07, 6.45) is 3.51. The van der Waals surface area contributed by atoms with Crippen LogP contribution in [0.15, 0.2) is 70.9 Å². The smallest absolute Gasteiger partial charge is 0.282 e. The first-order valence-corrected chi connectivity index (χ1v) is 11.8. The number of hydrogen-bond acceptors (Lipinski definition) is 7. The summed E-state index contributed by atoms with van der Waals surface area (Å²) < 4.78 is 6.94. The Labute approximate surface area is 201 Å². The van der Waals surface area contributed by atoms with Gasteiger partial charge in [-0.25, -0.2) is 15.0 Å². The fourth-order valence-electron chi connectivity index (χ4n) is 3.51. The summed E-state index contributed by atoms with van der Waals surface area (Å²) in [6.45, 7) is 4.18. The predicted molar refractivity (Wildman–Crippen MR) is 133 cm³/mol. The Morgan fingerprint density at radius 2 is 1.91 bits per heavy atom. The minimum absolute atomic E-state index is 0.198. The van der Waals surface area contributed by atoms with E-state index in [2.05, 4.69) is 20.3 Å². The zero-order chi connectivity index (χ0) is 24.1. The zero-order valence-electron chi connectivity index (χ0n) is 19.2. The van der Waals surface area contributed by atoms with E-state index in [0.717, 1.165) is 11.1 Å². The highest BCUT2D eigenvalue weighted by molar-refractivity contribution is 8.00. The third kappa shape index (κ3) is 5.09. The lowest BCUT2D eigenvalue weighted by atomic mass is 10.2. The maximum absolute atomic E-state index is 13.3. The van der Waals surface area contributed by atoms with Crippen LogP contribution in [-0.4, -0.2) is 37.8 Å². The minimum Gasteiger partial charge on any atom is -0.495 e.